The number of benzene rings is 1. The van der Waals surface area contributed by atoms with E-state index in [0.29, 0.717) is 12.1 Å². The van der Waals surface area contributed by atoms with Gasteiger partial charge in [0.2, 0.25) is 0 Å². The van der Waals surface area contributed by atoms with Crippen molar-refractivity contribution in [3.63, 3.8) is 0 Å². The topological polar surface area (TPSA) is 58.3 Å². The van der Waals surface area contributed by atoms with Gasteiger partial charge >= 0.3 is 6.18 Å². The molecule has 1 fully saturated rings. The molecule has 2 unspecified atom stereocenters. The average molecular weight is 274 g/mol. The lowest BCUT2D eigenvalue weighted by Gasteiger charge is -2.50. The molecule has 0 aliphatic heterocycles. The minimum atomic E-state index is -4.39. The van der Waals surface area contributed by atoms with Crippen LogP contribution in [0.15, 0.2) is 18.2 Å². The molecular weight excluding hydrogens is 257 g/mol. The number of nitrogen functional groups attached to an aromatic ring is 1. The first kappa shape index (κ1) is 14.0. The molecule has 6 heteroatoms. The van der Waals surface area contributed by atoms with E-state index in [4.69, 9.17) is 5.73 Å². The summed E-state index contributed by atoms with van der Waals surface area (Å²) in [4.78, 5) is 0. The Morgan fingerprint density at radius 1 is 1.37 bits per heavy atom. The van der Waals surface area contributed by atoms with E-state index in [-0.39, 0.29) is 17.1 Å². The van der Waals surface area contributed by atoms with Crippen molar-refractivity contribution in [2.75, 3.05) is 11.1 Å². The predicted octanol–water partition coefficient (Wildman–Crippen LogP) is 2.86. The van der Waals surface area contributed by atoms with E-state index in [9.17, 15) is 18.3 Å². The number of aliphatic hydroxyl groups is 1. The Labute approximate surface area is 109 Å². The molecule has 1 aromatic rings. The van der Waals surface area contributed by atoms with Crippen LogP contribution < -0.4 is 11.1 Å². The van der Waals surface area contributed by atoms with Crippen LogP contribution >= 0.6 is 0 Å². The van der Waals surface area contributed by atoms with Gasteiger partial charge < -0.3 is 16.2 Å². The summed E-state index contributed by atoms with van der Waals surface area (Å²) in [5.41, 5.74) is 5.10. The molecule has 106 valence electrons. The molecule has 1 saturated carbocycles. The number of nitrogens with two attached hydrogens (primary N) is 1. The Balaban J connectivity index is 2.15. The van der Waals surface area contributed by atoms with Gasteiger partial charge in [0.25, 0.3) is 0 Å². The van der Waals surface area contributed by atoms with Crippen molar-refractivity contribution in [3.8, 4) is 0 Å². The number of hydrogen-bond acceptors (Lipinski definition) is 3. The minimum absolute atomic E-state index is 0.00142. The summed E-state index contributed by atoms with van der Waals surface area (Å²) < 4.78 is 37.5. The highest BCUT2D eigenvalue weighted by atomic mass is 19.4. The van der Waals surface area contributed by atoms with Crippen LogP contribution in [0, 0.1) is 5.41 Å². The Morgan fingerprint density at radius 2 is 2.00 bits per heavy atom. The van der Waals surface area contributed by atoms with Gasteiger partial charge in [-0.25, -0.2) is 0 Å². The number of hydrogen-bond donors (Lipinski definition) is 3. The number of halogens is 3. The second-order valence-corrected chi connectivity index (χ2v) is 5.57. The first-order valence-electron chi connectivity index (χ1n) is 6.03. The average Bonchev–Trinajstić information content (AvgIpc) is 2.29. The van der Waals surface area contributed by atoms with Gasteiger partial charge in [-0.1, -0.05) is 13.8 Å². The molecule has 4 N–H and O–H groups in total. The Kier molecular flexibility index (Phi) is 3.16. The molecule has 3 nitrogen and oxygen atoms in total. The first-order valence-corrected chi connectivity index (χ1v) is 6.03. The van der Waals surface area contributed by atoms with Gasteiger partial charge in [-0.05, 0) is 24.6 Å². The summed E-state index contributed by atoms with van der Waals surface area (Å²) in [5.74, 6) is 0. The number of anilines is 2. The van der Waals surface area contributed by atoms with E-state index in [0.717, 1.165) is 12.1 Å². The third kappa shape index (κ3) is 2.49. The zero-order chi connectivity index (χ0) is 14.4. The largest absolute Gasteiger partial charge is 0.416 e. The predicted molar refractivity (Wildman–Crippen MR) is 67.7 cm³/mol. The molecule has 1 aliphatic rings. The lowest BCUT2D eigenvalue weighted by atomic mass is 9.64. The summed E-state index contributed by atoms with van der Waals surface area (Å²) in [7, 11) is 0. The number of aliphatic hydroxyl groups excluding tert-OH is 1. The van der Waals surface area contributed by atoms with E-state index in [1.165, 1.54) is 6.07 Å². The molecule has 0 heterocycles. The molecule has 0 amide bonds. The van der Waals surface area contributed by atoms with Gasteiger partial charge in [-0.15, -0.1) is 0 Å². The first-order chi connectivity index (χ1) is 8.62. The van der Waals surface area contributed by atoms with Gasteiger partial charge in [-0.3, -0.25) is 0 Å². The second-order valence-electron chi connectivity index (χ2n) is 5.57. The summed E-state index contributed by atoms with van der Waals surface area (Å²) in [5, 5.41) is 12.7. The molecule has 0 radical (unpaired) electrons. The summed E-state index contributed by atoms with van der Waals surface area (Å²) in [6.45, 7) is 3.80. The number of rotatable bonds is 2. The van der Waals surface area contributed by atoms with E-state index >= 15 is 0 Å². The fraction of sp³-hybridized carbons (Fsp3) is 0.538. The van der Waals surface area contributed by atoms with Gasteiger partial charge in [-0.2, -0.15) is 13.2 Å². The van der Waals surface area contributed by atoms with Gasteiger partial charge in [0.15, 0.2) is 0 Å². The normalized spacial score (nSPS) is 25.8. The lowest BCUT2D eigenvalue weighted by molar-refractivity contribution is -0.137. The fourth-order valence-corrected chi connectivity index (χ4v) is 2.21. The molecule has 0 bridgehead atoms. The van der Waals surface area contributed by atoms with Crippen LogP contribution in [-0.4, -0.2) is 17.3 Å². The van der Waals surface area contributed by atoms with Crippen molar-refractivity contribution >= 4 is 11.4 Å². The molecule has 0 spiro atoms. The molecule has 0 aromatic heterocycles. The smallest absolute Gasteiger partial charge is 0.397 e. The quantitative estimate of drug-likeness (QED) is 0.727. The molecule has 2 atom stereocenters. The maximum atomic E-state index is 12.5. The van der Waals surface area contributed by atoms with Gasteiger partial charge in [0, 0.05) is 11.5 Å². The zero-order valence-electron chi connectivity index (χ0n) is 10.8. The Bertz CT molecular complexity index is 485. The molecule has 0 saturated heterocycles. The highest BCUT2D eigenvalue weighted by Gasteiger charge is 2.47. The van der Waals surface area contributed by atoms with Crippen molar-refractivity contribution in [2.45, 2.75) is 38.6 Å². The minimum Gasteiger partial charge on any atom is -0.397 e. The van der Waals surface area contributed by atoms with E-state index in [1.54, 1.807) is 0 Å². The molecule has 2 rings (SSSR count). The van der Waals surface area contributed by atoms with E-state index in [1.807, 2.05) is 13.8 Å². The van der Waals surface area contributed by atoms with E-state index < -0.39 is 17.8 Å². The number of alkyl halides is 3. The maximum Gasteiger partial charge on any atom is 0.416 e. The summed E-state index contributed by atoms with van der Waals surface area (Å²) in [6, 6.07) is 3.26. The van der Waals surface area contributed by atoms with Crippen LogP contribution in [-0.2, 0) is 6.18 Å². The molecule has 1 aliphatic carbocycles. The fourth-order valence-electron chi connectivity index (χ4n) is 2.21. The van der Waals surface area contributed by atoms with Crippen molar-refractivity contribution in [1.29, 1.82) is 0 Å². The van der Waals surface area contributed by atoms with Gasteiger partial charge in [0.1, 0.15) is 0 Å². The van der Waals surface area contributed by atoms with Crippen molar-refractivity contribution in [1.82, 2.24) is 0 Å². The second kappa shape index (κ2) is 4.30. The van der Waals surface area contributed by atoms with Gasteiger partial charge in [0.05, 0.1) is 23.0 Å². The monoisotopic (exact) mass is 274 g/mol. The Hall–Kier alpha value is -1.43. The van der Waals surface area contributed by atoms with Crippen LogP contribution in [0.2, 0.25) is 0 Å². The molecule has 19 heavy (non-hydrogen) atoms. The summed E-state index contributed by atoms with van der Waals surface area (Å²) in [6.07, 6.45) is -4.23. The van der Waals surface area contributed by atoms with E-state index in [2.05, 4.69) is 5.32 Å². The van der Waals surface area contributed by atoms with Crippen LogP contribution in [0.5, 0.6) is 0 Å². The highest BCUT2D eigenvalue weighted by molar-refractivity contribution is 5.68. The highest BCUT2D eigenvalue weighted by Crippen LogP contribution is 2.43. The van der Waals surface area contributed by atoms with Crippen molar-refractivity contribution in [3.05, 3.63) is 23.8 Å². The SMILES string of the molecule is CC1(C)C(O)CC1Nc1ccc(C(F)(F)F)cc1N. The van der Waals surface area contributed by atoms with Crippen LogP contribution in [0.3, 0.4) is 0 Å². The molecule has 1 aromatic carbocycles. The third-order valence-electron chi connectivity index (χ3n) is 3.92. The van der Waals surface area contributed by atoms with Crippen LogP contribution in [0.1, 0.15) is 25.8 Å². The van der Waals surface area contributed by atoms with Crippen LogP contribution in [0.4, 0.5) is 24.5 Å². The maximum absolute atomic E-state index is 12.5. The standard InChI is InChI=1S/C13H17F3N2O/c1-12(2)10(6-11(12)19)18-9-4-3-7(5-8(9)17)13(14,15)16/h3-5,10-11,18-19H,6,17H2,1-2H3. The molecular formula is C13H17F3N2O. The third-order valence-corrected chi connectivity index (χ3v) is 3.92. The Morgan fingerprint density at radius 3 is 2.42 bits per heavy atom. The van der Waals surface area contributed by atoms with Crippen LogP contribution in [0.25, 0.3) is 0 Å². The zero-order valence-corrected chi connectivity index (χ0v) is 10.8. The number of nitrogens with one attached hydrogen (secondary N) is 1. The lowest BCUT2D eigenvalue weighted by Crippen LogP contribution is -2.56. The van der Waals surface area contributed by atoms with Crippen molar-refractivity contribution < 1.29 is 18.3 Å². The van der Waals surface area contributed by atoms with Crippen molar-refractivity contribution in [2.24, 2.45) is 5.41 Å². The summed E-state index contributed by atoms with van der Waals surface area (Å²) >= 11 is 0.